The lowest BCUT2D eigenvalue weighted by Gasteiger charge is -2.20. The lowest BCUT2D eigenvalue weighted by molar-refractivity contribution is 0.0411. The smallest absolute Gasteiger partial charge is 0.185 e. The van der Waals surface area contributed by atoms with Crippen molar-refractivity contribution in [1.29, 1.82) is 0 Å². The summed E-state index contributed by atoms with van der Waals surface area (Å²) >= 11 is 6.11. The van der Waals surface area contributed by atoms with E-state index >= 15 is 0 Å². The predicted octanol–water partition coefficient (Wildman–Crippen LogP) is 5.54. The highest BCUT2D eigenvalue weighted by molar-refractivity contribution is 6.30. The van der Waals surface area contributed by atoms with E-state index in [1.807, 2.05) is 30.3 Å². The monoisotopic (exact) mass is 326 g/mol. The number of allylic oxidation sites excluding steroid dienone is 1. The highest BCUT2D eigenvalue weighted by Crippen LogP contribution is 2.29. The molecule has 118 valence electrons. The molecule has 0 spiro atoms. The van der Waals surface area contributed by atoms with Crippen LogP contribution >= 0.6 is 11.6 Å². The average Bonchev–Trinajstić information content (AvgIpc) is 2.58. The number of halogens is 1. The van der Waals surface area contributed by atoms with Crippen LogP contribution in [-0.2, 0) is 11.3 Å². The quantitative estimate of drug-likeness (QED) is 0.361. The molecule has 2 rings (SSSR count). The SMILES string of the molecule is C=CCC(OCc1ccccc1)c1cc(Cl)ccc1C(=O)C=C. The van der Waals surface area contributed by atoms with E-state index in [4.69, 9.17) is 16.3 Å². The summed E-state index contributed by atoms with van der Waals surface area (Å²) in [5.74, 6) is -0.144. The zero-order valence-electron chi connectivity index (χ0n) is 12.9. The van der Waals surface area contributed by atoms with Gasteiger partial charge in [0.25, 0.3) is 0 Å². The summed E-state index contributed by atoms with van der Waals surface area (Å²) in [7, 11) is 0. The minimum absolute atomic E-state index is 0.144. The van der Waals surface area contributed by atoms with Crippen molar-refractivity contribution in [1.82, 2.24) is 0 Å². The van der Waals surface area contributed by atoms with Crippen molar-refractivity contribution >= 4 is 17.4 Å². The lowest BCUT2D eigenvalue weighted by atomic mass is 9.97. The van der Waals surface area contributed by atoms with E-state index in [1.54, 1.807) is 24.3 Å². The van der Waals surface area contributed by atoms with Crippen LogP contribution in [-0.4, -0.2) is 5.78 Å². The zero-order valence-corrected chi connectivity index (χ0v) is 13.6. The molecule has 0 fully saturated rings. The van der Waals surface area contributed by atoms with Crippen LogP contribution in [0.4, 0.5) is 0 Å². The van der Waals surface area contributed by atoms with Gasteiger partial charge in [0.2, 0.25) is 0 Å². The standard InChI is InChI=1S/C20H19ClO2/c1-3-8-20(23-14-15-9-6-5-7-10-15)18-13-16(21)11-12-17(18)19(22)4-2/h3-7,9-13,20H,1-2,8,14H2. The van der Waals surface area contributed by atoms with Crippen molar-refractivity contribution in [2.24, 2.45) is 0 Å². The van der Waals surface area contributed by atoms with Gasteiger partial charge in [-0.05, 0) is 41.8 Å². The first kappa shape index (κ1) is 17.2. The Morgan fingerprint density at radius 2 is 1.91 bits per heavy atom. The Morgan fingerprint density at radius 1 is 1.17 bits per heavy atom. The molecule has 2 aromatic carbocycles. The van der Waals surface area contributed by atoms with E-state index < -0.39 is 0 Å². The highest BCUT2D eigenvalue weighted by atomic mass is 35.5. The second-order valence-electron chi connectivity index (χ2n) is 5.11. The topological polar surface area (TPSA) is 26.3 Å². The minimum atomic E-state index is -0.287. The van der Waals surface area contributed by atoms with Gasteiger partial charge >= 0.3 is 0 Å². The van der Waals surface area contributed by atoms with Crippen molar-refractivity contribution in [3.8, 4) is 0 Å². The molecule has 0 saturated carbocycles. The molecule has 0 aromatic heterocycles. The summed E-state index contributed by atoms with van der Waals surface area (Å²) in [6.45, 7) is 7.79. The number of carbonyl (C=O) groups excluding carboxylic acids is 1. The van der Waals surface area contributed by atoms with Crippen molar-refractivity contribution in [3.05, 3.63) is 95.6 Å². The first-order chi connectivity index (χ1) is 11.2. The number of hydrogen-bond acceptors (Lipinski definition) is 2. The van der Waals surface area contributed by atoms with E-state index in [0.717, 1.165) is 11.1 Å². The molecule has 23 heavy (non-hydrogen) atoms. The van der Waals surface area contributed by atoms with E-state index in [9.17, 15) is 4.79 Å². The molecule has 3 heteroatoms. The Hall–Kier alpha value is -2.16. The molecule has 0 amide bonds. The molecule has 0 heterocycles. The van der Waals surface area contributed by atoms with Crippen LogP contribution in [0.1, 0.15) is 34.0 Å². The molecular weight excluding hydrogens is 308 g/mol. The van der Waals surface area contributed by atoms with Crippen LogP contribution in [0.3, 0.4) is 0 Å². The van der Waals surface area contributed by atoms with Gasteiger partial charge in [-0.3, -0.25) is 4.79 Å². The third-order valence-corrected chi connectivity index (χ3v) is 3.72. The Bertz CT molecular complexity index is 692. The van der Waals surface area contributed by atoms with Crippen molar-refractivity contribution in [2.45, 2.75) is 19.1 Å². The second-order valence-corrected chi connectivity index (χ2v) is 5.55. The van der Waals surface area contributed by atoms with Crippen LogP contribution in [0.15, 0.2) is 73.8 Å². The number of benzene rings is 2. The molecule has 2 aromatic rings. The summed E-state index contributed by atoms with van der Waals surface area (Å²) in [5.41, 5.74) is 2.39. The summed E-state index contributed by atoms with van der Waals surface area (Å²) < 4.78 is 6.03. The molecule has 0 aliphatic heterocycles. The largest absolute Gasteiger partial charge is 0.369 e. The molecule has 0 radical (unpaired) electrons. The number of rotatable bonds is 8. The summed E-state index contributed by atoms with van der Waals surface area (Å²) in [6, 6.07) is 15.1. The van der Waals surface area contributed by atoms with Gasteiger partial charge in [-0.15, -0.1) is 6.58 Å². The first-order valence-electron chi connectivity index (χ1n) is 7.38. The normalized spacial score (nSPS) is 11.7. The highest BCUT2D eigenvalue weighted by Gasteiger charge is 2.18. The van der Waals surface area contributed by atoms with Gasteiger partial charge in [-0.25, -0.2) is 0 Å². The van der Waals surface area contributed by atoms with E-state index in [0.29, 0.717) is 23.6 Å². The van der Waals surface area contributed by atoms with Gasteiger partial charge in [0.1, 0.15) is 0 Å². The third-order valence-electron chi connectivity index (χ3n) is 3.49. The molecular formula is C20H19ClO2. The Morgan fingerprint density at radius 3 is 2.57 bits per heavy atom. The summed E-state index contributed by atoms with van der Waals surface area (Å²) in [5, 5.41) is 0.568. The van der Waals surface area contributed by atoms with Crippen LogP contribution < -0.4 is 0 Å². The number of hydrogen-bond donors (Lipinski definition) is 0. The van der Waals surface area contributed by atoms with Crippen molar-refractivity contribution in [3.63, 3.8) is 0 Å². The van der Waals surface area contributed by atoms with Crippen molar-refractivity contribution < 1.29 is 9.53 Å². The molecule has 2 nitrogen and oxygen atoms in total. The number of ether oxygens (including phenoxy) is 1. The van der Waals surface area contributed by atoms with E-state index in [-0.39, 0.29) is 11.9 Å². The lowest BCUT2D eigenvalue weighted by Crippen LogP contribution is -2.10. The molecule has 0 bridgehead atoms. The van der Waals surface area contributed by atoms with Gasteiger partial charge in [-0.2, -0.15) is 0 Å². The van der Waals surface area contributed by atoms with Crippen LogP contribution in [0, 0.1) is 0 Å². The first-order valence-corrected chi connectivity index (χ1v) is 7.76. The van der Waals surface area contributed by atoms with Gasteiger partial charge < -0.3 is 4.74 Å². The fourth-order valence-electron chi connectivity index (χ4n) is 2.34. The van der Waals surface area contributed by atoms with Gasteiger partial charge in [0, 0.05) is 10.6 Å². The Balaban J connectivity index is 2.29. The number of carbonyl (C=O) groups is 1. The fraction of sp³-hybridized carbons (Fsp3) is 0.150. The maximum absolute atomic E-state index is 12.1. The summed E-state index contributed by atoms with van der Waals surface area (Å²) in [6.07, 6.45) is 3.38. The van der Waals surface area contributed by atoms with Crippen LogP contribution in [0.2, 0.25) is 5.02 Å². The predicted molar refractivity (Wildman–Crippen MR) is 94.8 cm³/mol. The third kappa shape index (κ3) is 4.65. The molecule has 0 aliphatic carbocycles. The fourth-order valence-corrected chi connectivity index (χ4v) is 2.52. The maximum Gasteiger partial charge on any atom is 0.185 e. The molecule has 0 N–H and O–H groups in total. The zero-order chi connectivity index (χ0) is 16.7. The molecule has 1 unspecified atom stereocenters. The molecule has 0 aliphatic rings. The van der Waals surface area contributed by atoms with Crippen LogP contribution in [0.5, 0.6) is 0 Å². The van der Waals surface area contributed by atoms with Gasteiger partial charge in [0.05, 0.1) is 12.7 Å². The van der Waals surface area contributed by atoms with Gasteiger partial charge in [0.15, 0.2) is 5.78 Å². The minimum Gasteiger partial charge on any atom is -0.369 e. The second kappa shape index (κ2) is 8.47. The van der Waals surface area contributed by atoms with Crippen LogP contribution in [0.25, 0.3) is 0 Å². The van der Waals surface area contributed by atoms with Crippen molar-refractivity contribution in [2.75, 3.05) is 0 Å². The van der Waals surface area contributed by atoms with E-state index in [1.165, 1.54) is 6.08 Å². The van der Waals surface area contributed by atoms with E-state index in [2.05, 4.69) is 13.2 Å². The maximum atomic E-state index is 12.1. The Labute approximate surface area is 142 Å². The molecule has 0 saturated heterocycles. The Kier molecular flexibility index (Phi) is 6.33. The average molecular weight is 327 g/mol. The number of ketones is 1. The summed E-state index contributed by atoms with van der Waals surface area (Å²) in [4.78, 5) is 12.1. The van der Waals surface area contributed by atoms with Gasteiger partial charge in [-0.1, -0.05) is 54.6 Å². The molecule has 1 atom stereocenters.